The quantitative estimate of drug-likeness (QED) is 0.608. The van der Waals surface area contributed by atoms with Gasteiger partial charge in [-0.25, -0.2) is 0 Å². The van der Waals surface area contributed by atoms with Gasteiger partial charge in [0.05, 0.1) is 24.3 Å². The van der Waals surface area contributed by atoms with E-state index in [9.17, 15) is 14.7 Å². The van der Waals surface area contributed by atoms with E-state index in [4.69, 9.17) is 4.74 Å². The van der Waals surface area contributed by atoms with Crippen LogP contribution in [-0.4, -0.2) is 55.0 Å². The van der Waals surface area contributed by atoms with E-state index in [-0.39, 0.29) is 30.4 Å². The fourth-order valence-electron chi connectivity index (χ4n) is 3.89. The van der Waals surface area contributed by atoms with E-state index in [0.29, 0.717) is 13.0 Å². The second-order valence-electron chi connectivity index (χ2n) is 8.48. The number of aryl methyl sites for hydroxylation is 1. The van der Waals surface area contributed by atoms with Crippen LogP contribution in [0.4, 0.5) is 5.69 Å². The number of carbonyl (C=O) groups excluding carboxylic acids is 2. The highest BCUT2D eigenvalue weighted by atomic mass is 16.5. The molecule has 0 saturated heterocycles. The number of hydrogen-bond acceptors (Lipinski definition) is 5. The molecular weight excluding hydrogens is 404 g/mol. The Hall–Kier alpha value is -3.12. The molecule has 2 aromatic rings. The second kappa shape index (κ2) is 10.5. The average Bonchev–Trinajstić information content (AvgIpc) is 3.03. The number of anilines is 1. The number of amides is 1. The van der Waals surface area contributed by atoms with Crippen molar-refractivity contribution in [1.82, 2.24) is 4.90 Å². The van der Waals surface area contributed by atoms with Gasteiger partial charge in [0, 0.05) is 32.7 Å². The average molecular weight is 437 g/mol. The Balaban J connectivity index is 1.88. The van der Waals surface area contributed by atoms with Crippen LogP contribution in [0.5, 0.6) is 0 Å². The van der Waals surface area contributed by atoms with Gasteiger partial charge >= 0.3 is 0 Å². The van der Waals surface area contributed by atoms with E-state index in [1.165, 1.54) is 4.90 Å². The third-order valence-corrected chi connectivity index (χ3v) is 5.60. The zero-order valence-corrected chi connectivity index (χ0v) is 19.2. The highest BCUT2D eigenvalue weighted by molar-refractivity contribution is 6.09. The fourth-order valence-corrected chi connectivity index (χ4v) is 3.89. The topological polar surface area (TPSA) is 70.1 Å². The van der Waals surface area contributed by atoms with Gasteiger partial charge in [0.15, 0.2) is 11.5 Å². The zero-order valence-electron chi connectivity index (χ0n) is 19.2. The smallest absolute Gasteiger partial charge is 0.290 e. The van der Waals surface area contributed by atoms with Gasteiger partial charge in [-0.3, -0.25) is 9.59 Å². The molecular formula is C26H32N2O4. The lowest BCUT2D eigenvalue weighted by molar-refractivity contribution is -0.130. The van der Waals surface area contributed by atoms with Gasteiger partial charge in [-0.05, 0) is 43.5 Å². The minimum absolute atomic E-state index is 0.0269. The van der Waals surface area contributed by atoms with Crippen LogP contribution in [0.15, 0.2) is 65.9 Å². The van der Waals surface area contributed by atoms with Crippen LogP contribution in [0, 0.1) is 0 Å². The standard InChI is InChI=1S/C26H32N2O4/c1-18(2)32-17-16-28-24(20-11-13-21(14-12-20)27(3)4)23(25(30)26(28)31)22(29)15-10-19-8-6-5-7-9-19/h5-9,11-14,18,24,30H,10,15-17H2,1-4H3. The largest absolute Gasteiger partial charge is 0.503 e. The molecule has 0 fully saturated rings. The SMILES string of the molecule is CC(C)OCCN1C(=O)C(O)=C(C(=O)CCc2ccccc2)C1c1ccc(N(C)C)cc1. The molecule has 1 heterocycles. The number of benzene rings is 2. The van der Waals surface area contributed by atoms with Gasteiger partial charge in [-0.15, -0.1) is 0 Å². The molecule has 1 N–H and O–H groups in total. The zero-order chi connectivity index (χ0) is 23.3. The number of rotatable bonds is 10. The normalized spacial score (nSPS) is 16.2. The third kappa shape index (κ3) is 5.37. The summed E-state index contributed by atoms with van der Waals surface area (Å²) in [5, 5.41) is 10.7. The molecule has 0 aliphatic carbocycles. The molecule has 6 nitrogen and oxygen atoms in total. The van der Waals surface area contributed by atoms with Crippen LogP contribution in [0.3, 0.4) is 0 Å². The number of hydrogen-bond donors (Lipinski definition) is 1. The maximum atomic E-state index is 13.2. The summed E-state index contributed by atoms with van der Waals surface area (Å²) in [5.41, 5.74) is 3.02. The number of nitrogens with zero attached hydrogens (tertiary/aromatic N) is 2. The Labute approximate surface area is 190 Å². The Morgan fingerprint density at radius 3 is 2.34 bits per heavy atom. The number of aliphatic hydroxyl groups is 1. The predicted molar refractivity (Wildman–Crippen MR) is 126 cm³/mol. The van der Waals surface area contributed by atoms with Crippen LogP contribution >= 0.6 is 0 Å². The summed E-state index contributed by atoms with van der Waals surface area (Å²) >= 11 is 0. The van der Waals surface area contributed by atoms with Gasteiger partial charge in [0.2, 0.25) is 0 Å². The molecule has 0 aromatic heterocycles. The summed E-state index contributed by atoms with van der Waals surface area (Å²) < 4.78 is 5.64. The fraction of sp³-hybridized carbons (Fsp3) is 0.385. The highest BCUT2D eigenvalue weighted by Crippen LogP contribution is 2.38. The lowest BCUT2D eigenvalue weighted by atomic mass is 9.93. The predicted octanol–water partition coefficient (Wildman–Crippen LogP) is 4.07. The van der Waals surface area contributed by atoms with E-state index in [0.717, 1.165) is 16.8 Å². The van der Waals surface area contributed by atoms with Gasteiger partial charge in [-0.2, -0.15) is 0 Å². The molecule has 3 rings (SSSR count). The van der Waals surface area contributed by atoms with Crippen molar-refractivity contribution in [2.75, 3.05) is 32.1 Å². The molecule has 0 spiro atoms. The first kappa shape index (κ1) is 23.5. The van der Waals surface area contributed by atoms with Gasteiger partial charge in [0.1, 0.15) is 0 Å². The van der Waals surface area contributed by atoms with E-state index >= 15 is 0 Å². The van der Waals surface area contributed by atoms with Crippen LogP contribution in [0.1, 0.15) is 37.4 Å². The Bertz CT molecular complexity index is 965. The van der Waals surface area contributed by atoms with Crippen molar-refractivity contribution >= 4 is 17.4 Å². The summed E-state index contributed by atoms with van der Waals surface area (Å²) in [6.07, 6.45) is 0.797. The van der Waals surface area contributed by atoms with E-state index in [1.54, 1.807) is 0 Å². The minimum Gasteiger partial charge on any atom is -0.503 e. The number of carbonyl (C=O) groups is 2. The van der Waals surface area contributed by atoms with Crippen molar-refractivity contribution in [3.05, 3.63) is 77.1 Å². The maximum absolute atomic E-state index is 13.2. The monoisotopic (exact) mass is 436 g/mol. The van der Waals surface area contributed by atoms with Crippen molar-refractivity contribution in [2.45, 2.75) is 38.8 Å². The molecule has 6 heteroatoms. The minimum atomic E-state index is -0.627. The van der Waals surface area contributed by atoms with Crippen molar-refractivity contribution in [3.63, 3.8) is 0 Å². The molecule has 2 aromatic carbocycles. The summed E-state index contributed by atoms with van der Waals surface area (Å²) in [6.45, 7) is 4.47. The van der Waals surface area contributed by atoms with Crippen LogP contribution < -0.4 is 4.90 Å². The molecule has 1 aliphatic heterocycles. The molecule has 0 radical (unpaired) electrons. The van der Waals surface area contributed by atoms with Crippen LogP contribution in [-0.2, 0) is 20.7 Å². The summed E-state index contributed by atoms with van der Waals surface area (Å²) in [5.74, 6) is -1.19. The van der Waals surface area contributed by atoms with Crippen molar-refractivity contribution in [2.24, 2.45) is 0 Å². The van der Waals surface area contributed by atoms with Crippen molar-refractivity contribution in [1.29, 1.82) is 0 Å². The van der Waals surface area contributed by atoms with Crippen LogP contribution in [0.25, 0.3) is 0 Å². The molecule has 0 saturated carbocycles. The van der Waals surface area contributed by atoms with E-state index < -0.39 is 17.7 Å². The summed E-state index contributed by atoms with van der Waals surface area (Å²) in [4.78, 5) is 29.7. The van der Waals surface area contributed by atoms with E-state index in [2.05, 4.69) is 0 Å². The van der Waals surface area contributed by atoms with Crippen molar-refractivity contribution < 1.29 is 19.4 Å². The Morgan fingerprint density at radius 1 is 1.09 bits per heavy atom. The Morgan fingerprint density at radius 2 is 1.75 bits per heavy atom. The molecule has 1 amide bonds. The molecule has 0 bridgehead atoms. The van der Waals surface area contributed by atoms with Gasteiger partial charge in [0.25, 0.3) is 5.91 Å². The first-order valence-electron chi connectivity index (χ1n) is 11.0. The number of Topliss-reactive ketones (excluding diaryl/α,β-unsaturated/α-hetero) is 1. The summed E-state index contributed by atoms with van der Waals surface area (Å²) in [6, 6.07) is 16.8. The van der Waals surface area contributed by atoms with Gasteiger partial charge in [-0.1, -0.05) is 42.5 Å². The van der Waals surface area contributed by atoms with E-state index in [1.807, 2.05) is 87.4 Å². The van der Waals surface area contributed by atoms with Gasteiger partial charge < -0.3 is 19.6 Å². The number of ether oxygens (including phenoxy) is 1. The highest BCUT2D eigenvalue weighted by Gasteiger charge is 2.43. The molecule has 32 heavy (non-hydrogen) atoms. The second-order valence-corrected chi connectivity index (χ2v) is 8.48. The van der Waals surface area contributed by atoms with Crippen molar-refractivity contribution in [3.8, 4) is 0 Å². The molecule has 1 aliphatic rings. The molecule has 1 atom stereocenters. The summed E-state index contributed by atoms with van der Waals surface area (Å²) in [7, 11) is 3.90. The number of aliphatic hydroxyl groups excluding tert-OH is 1. The Kier molecular flexibility index (Phi) is 7.70. The van der Waals surface area contributed by atoms with Crippen LogP contribution in [0.2, 0.25) is 0 Å². The maximum Gasteiger partial charge on any atom is 0.290 e. The first-order valence-corrected chi connectivity index (χ1v) is 11.0. The molecule has 1 unspecified atom stereocenters. The number of ketones is 1. The lowest BCUT2D eigenvalue weighted by Crippen LogP contribution is -2.34. The molecule has 170 valence electrons. The third-order valence-electron chi connectivity index (χ3n) is 5.60. The lowest BCUT2D eigenvalue weighted by Gasteiger charge is -2.27. The first-order chi connectivity index (χ1) is 15.3.